The van der Waals surface area contributed by atoms with E-state index in [1.165, 1.54) is 0 Å². The van der Waals surface area contributed by atoms with Crippen LogP contribution in [-0.4, -0.2) is 40.3 Å². The van der Waals surface area contributed by atoms with Crippen LogP contribution in [0.3, 0.4) is 0 Å². The van der Waals surface area contributed by atoms with Crippen molar-refractivity contribution in [2.45, 2.75) is 0 Å². The predicted octanol–water partition coefficient (Wildman–Crippen LogP) is 1.40. The summed E-state index contributed by atoms with van der Waals surface area (Å²) in [6.45, 7) is -0.107. The van der Waals surface area contributed by atoms with Crippen molar-refractivity contribution in [2.75, 3.05) is 18.5 Å². The highest BCUT2D eigenvalue weighted by atomic mass is 16.4. The predicted molar refractivity (Wildman–Crippen MR) is 70.8 cm³/mol. The van der Waals surface area contributed by atoms with Gasteiger partial charge in [0.1, 0.15) is 12.2 Å². The number of aryl methyl sites for hydroxylation is 1. The molecule has 2 N–H and O–H groups in total. The Kier molecular flexibility index (Phi) is 3.16. The molecule has 6 nitrogen and oxygen atoms in total. The zero-order valence-electron chi connectivity index (χ0n) is 10.6. The maximum absolute atomic E-state index is 11.0. The fourth-order valence-corrected chi connectivity index (χ4v) is 2.07. The lowest BCUT2D eigenvalue weighted by atomic mass is 10.2. The van der Waals surface area contributed by atoms with Crippen LogP contribution >= 0.6 is 0 Å². The van der Waals surface area contributed by atoms with E-state index in [1.807, 2.05) is 0 Å². The standard InChI is InChI=1S/C13H14N2O4/c1-14(7-12(16)17)9-3-4-10-8(5-9)6-11(13(18)19)15(10)2/h3-6H,7H2,1-2H3,(H,16,17)(H,18,19). The molecule has 0 radical (unpaired) electrons. The normalized spacial score (nSPS) is 10.6. The summed E-state index contributed by atoms with van der Waals surface area (Å²) in [7, 11) is 3.36. The fourth-order valence-electron chi connectivity index (χ4n) is 2.07. The summed E-state index contributed by atoms with van der Waals surface area (Å²) >= 11 is 0. The van der Waals surface area contributed by atoms with Crippen LogP contribution in [0.15, 0.2) is 24.3 Å². The number of likely N-dealkylation sites (N-methyl/N-ethyl adjacent to an activating group) is 1. The van der Waals surface area contributed by atoms with Gasteiger partial charge in [-0.05, 0) is 24.3 Å². The maximum atomic E-state index is 11.0. The van der Waals surface area contributed by atoms with Crippen LogP contribution in [0.25, 0.3) is 10.9 Å². The lowest BCUT2D eigenvalue weighted by molar-refractivity contribution is -0.135. The van der Waals surface area contributed by atoms with Crippen molar-refractivity contribution in [3.63, 3.8) is 0 Å². The Morgan fingerprint density at radius 2 is 1.95 bits per heavy atom. The number of aromatic nitrogens is 1. The number of carbonyl (C=O) groups is 2. The van der Waals surface area contributed by atoms with Crippen LogP contribution in [0.1, 0.15) is 10.5 Å². The first-order chi connectivity index (χ1) is 8.90. The van der Waals surface area contributed by atoms with E-state index in [-0.39, 0.29) is 12.2 Å². The molecular formula is C13H14N2O4. The van der Waals surface area contributed by atoms with Gasteiger partial charge in [0.2, 0.25) is 0 Å². The van der Waals surface area contributed by atoms with Crippen LogP contribution in [-0.2, 0) is 11.8 Å². The minimum absolute atomic E-state index is 0.107. The van der Waals surface area contributed by atoms with E-state index in [1.54, 1.807) is 47.8 Å². The minimum atomic E-state index is -0.987. The topological polar surface area (TPSA) is 82.8 Å². The quantitative estimate of drug-likeness (QED) is 0.870. The van der Waals surface area contributed by atoms with Gasteiger partial charge in [-0.1, -0.05) is 0 Å². The molecule has 0 bridgehead atoms. The van der Waals surface area contributed by atoms with Crippen LogP contribution in [0.4, 0.5) is 5.69 Å². The zero-order valence-corrected chi connectivity index (χ0v) is 10.6. The summed E-state index contributed by atoms with van der Waals surface area (Å²) in [5.74, 6) is -1.90. The third-order valence-electron chi connectivity index (χ3n) is 3.06. The second-order valence-corrected chi connectivity index (χ2v) is 4.39. The highest BCUT2D eigenvalue weighted by Gasteiger charge is 2.13. The molecule has 0 aliphatic rings. The summed E-state index contributed by atoms with van der Waals surface area (Å²) in [5, 5.41) is 18.6. The Balaban J connectivity index is 2.46. The molecule has 0 saturated carbocycles. The number of hydrogen-bond donors (Lipinski definition) is 2. The summed E-state index contributed by atoms with van der Waals surface area (Å²) in [6.07, 6.45) is 0. The summed E-state index contributed by atoms with van der Waals surface area (Å²) in [4.78, 5) is 23.3. The van der Waals surface area contributed by atoms with Gasteiger partial charge in [0.25, 0.3) is 0 Å². The van der Waals surface area contributed by atoms with Gasteiger partial charge in [0.15, 0.2) is 0 Å². The number of fused-ring (bicyclic) bond motifs is 1. The molecular weight excluding hydrogens is 248 g/mol. The smallest absolute Gasteiger partial charge is 0.352 e. The van der Waals surface area contributed by atoms with E-state index in [4.69, 9.17) is 10.2 Å². The molecule has 0 atom stereocenters. The van der Waals surface area contributed by atoms with Crippen molar-refractivity contribution in [1.29, 1.82) is 0 Å². The van der Waals surface area contributed by atoms with Crippen LogP contribution < -0.4 is 4.90 Å². The van der Waals surface area contributed by atoms with E-state index >= 15 is 0 Å². The Bertz CT molecular complexity index is 660. The van der Waals surface area contributed by atoms with E-state index in [0.29, 0.717) is 0 Å². The average Bonchev–Trinajstić information content (AvgIpc) is 2.65. The van der Waals surface area contributed by atoms with Gasteiger partial charge in [0.05, 0.1) is 0 Å². The van der Waals surface area contributed by atoms with Crippen molar-refractivity contribution < 1.29 is 19.8 Å². The Hall–Kier alpha value is -2.50. The molecule has 0 amide bonds. The van der Waals surface area contributed by atoms with Gasteiger partial charge in [-0.15, -0.1) is 0 Å². The molecule has 2 rings (SSSR count). The number of hydrogen-bond acceptors (Lipinski definition) is 3. The van der Waals surface area contributed by atoms with Gasteiger partial charge in [-0.2, -0.15) is 0 Å². The van der Waals surface area contributed by atoms with E-state index < -0.39 is 11.9 Å². The number of anilines is 1. The highest BCUT2D eigenvalue weighted by molar-refractivity contribution is 5.95. The molecule has 0 aliphatic heterocycles. The lowest BCUT2D eigenvalue weighted by Crippen LogP contribution is -2.24. The molecule has 1 heterocycles. The Morgan fingerprint density at radius 1 is 1.26 bits per heavy atom. The monoisotopic (exact) mass is 262 g/mol. The first-order valence-electron chi connectivity index (χ1n) is 5.66. The van der Waals surface area contributed by atoms with E-state index in [9.17, 15) is 9.59 Å². The number of rotatable bonds is 4. The zero-order chi connectivity index (χ0) is 14.2. The Labute approximate surface area is 109 Å². The summed E-state index contributed by atoms with van der Waals surface area (Å²) < 4.78 is 1.60. The van der Waals surface area contributed by atoms with Crippen molar-refractivity contribution in [1.82, 2.24) is 4.57 Å². The molecule has 0 aliphatic carbocycles. The molecule has 19 heavy (non-hydrogen) atoms. The molecule has 2 aromatic rings. The summed E-state index contributed by atoms with van der Waals surface area (Å²) in [6, 6.07) is 6.92. The van der Waals surface area contributed by atoms with Crippen LogP contribution in [0, 0.1) is 0 Å². The SMILES string of the molecule is CN(CC(=O)O)c1ccc2c(c1)cc(C(=O)O)n2C. The van der Waals surface area contributed by atoms with Gasteiger partial charge >= 0.3 is 11.9 Å². The van der Waals surface area contributed by atoms with Crippen LogP contribution in [0.5, 0.6) is 0 Å². The second-order valence-electron chi connectivity index (χ2n) is 4.39. The second kappa shape index (κ2) is 4.64. The first-order valence-corrected chi connectivity index (χ1v) is 5.66. The molecule has 0 saturated heterocycles. The number of aromatic carboxylic acids is 1. The van der Waals surface area contributed by atoms with Crippen LogP contribution in [0.2, 0.25) is 0 Å². The van der Waals surface area contributed by atoms with Gasteiger partial charge in [0, 0.05) is 30.7 Å². The molecule has 6 heteroatoms. The number of carboxylic acids is 2. The molecule has 1 aromatic heterocycles. The largest absolute Gasteiger partial charge is 0.480 e. The number of nitrogens with zero attached hydrogens (tertiary/aromatic N) is 2. The number of aliphatic carboxylic acids is 1. The molecule has 1 aromatic carbocycles. The third-order valence-corrected chi connectivity index (χ3v) is 3.06. The minimum Gasteiger partial charge on any atom is -0.480 e. The maximum Gasteiger partial charge on any atom is 0.352 e. The molecule has 0 spiro atoms. The average molecular weight is 262 g/mol. The molecule has 100 valence electrons. The van der Waals surface area contributed by atoms with Crippen molar-refractivity contribution in [2.24, 2.45) is 7.05 Å². The number of carboxylic acid groups (broad SMARTS) is 2. The lowest BCUT2D eigenvalue weighted by Gasteiger charge is -2.16. The number of benzene rings is 1. The van der Waals surface area contributed by atoms with E-state index in [2.05, 4.69) is 0 Å². The third kappa shape index (κ3) is 2.37. The Morgan fingerprint density at radius 3 is 2.53 bits per heavy atom. The summed E-state index contributed by atoms with van der Waals surface area (Å²) in [5.41, 5.74) is 1.73. The van der Waals surface area contributed by atoms with Gasteiger partial charge < -0.3 is 19.7 Å². The van der Waals surface area contributed by atoms with E-state index in [0.717, 1.165) is 16.6 Å². The first kappa shape index (κ1) is 12.9. The molecule has 0 unspecified atom stereocenters. The van der Waals surface area contributed by atoms with Crippen molar-refractivity contribution in [3.05, 3.63) is 30.0 Å². The van der Waals surface area contributed by atoms with Gasteiger partial charge in [-0.3, -0.25) is 4.79 Å². The molecule has 0 fully saturated rings. The fraction of sp³-hybridized carbons (Fsp3) is 0.231. The van der Waals surface area contributed by atoms with Gasteiger partial charge in [-0.25, -0.2) is 4.79 Å². The highest BCUT2D eigenvalue weighted by Crippen LogP contribution is 2.24. The van der Waals surface area contributed by atoms with Crippen molar-refractivity contribution in [3.8, 4) is 0 Å². The van der Waals surface area contributed by atoms with Crippen molar-refractivity contribution >= 4 is 28.5 Å².